The van der Waals surface area contributed by atoms with Crippen molar-refractivity contribution in [2.45, 2.75) is 25.9 Å². The average Bonchev–Trinajstić information content (AvgIpc) is 2.73. The first kappa shape index (κ1) is 24.0. The molecule has 10 heteroatoms. The van der Waals surface area contributed by atoms with Crippen molar-refractivity contribution in [3.8, 4) is 0 Å². The topological polar surface area (TPSA) is 117 Å². The van der Waals surface area contributed by atoms with Crippen LogP contribution < -0.4 is 9.13 Å². The zero-order valence-electron chi connectivity index (χ0n) is 17.4. The van der Waals surface area contributed by atoms with E-state index in [9.17, 15) is 16.8 Å². The van der Waals surface area contributed by atoms with E-state index in [1.165, 1.54) is 0 Å². The fraction of sp³-hybridized carbons (Fsp3) is 0.273. The molecule has 0 aliphatic rings. The Labute approximate surface area is 188 Å². The minimum Gasteiger partial charge on any atom is -0.286 e. The Bertz CT molecular complexity index is 1140. The third kappa shape index (κ3) is 8.46. The highest BCUT2D eigenvalue weighted by molar-refractivity contribution is 7.86. The SMILES string of the molecule is O=S(=O)(O)CCc1cc[n+](Cc2ccc(C[n+]3ccc(CCS(=O)(=O)O)cc3)cc2)cc1. The molecule has 32 heavy (non-hydrogen) atoms. The number of benzene rings is 1. The Morgan fingerprint density at radius 1 is 0.531 bits per heavy atom. The van der Waals surface area contributed by atoms with Crippen molar-refractivity contribution in [2.24, 2.45) is 0 Å². The van der Waals surface area contributed by atoms with E-state index in [4.69, 9.17) is 9.11 Å². The van der Waals surface area contributed by atoms with Crippen molar-refractivity contribution >= 4 is 20.2 Å². The van der Waals surface area contributed by atoms with Crippen molar-refractivity contribution in [2.75, 3.05) is 11.5 Å². The number of nitrogens with zero attached hydrogens (tertiary/aromatic N) is 2. The van der Waals surface area contributed by atoms with E-state index in [2.05, 4.69) is 24.3 Å². The largest absolute Gasteiger partial charge is 0.286 e. The molecule has 0 aliphatic carbocycles. The zero-order valence-corrected chi connectivity index (χ0v) is 19.0. The van der Waals surface area contributed by atoms with Crippen molar-refractivity contribution in [3.05, 3.63) is 95.6 Å². The molecule has 0 unspecified atom stereocenters. The van der Waals surface area contributed by atoms with E-state index in [1.807, 2.05) is 58.2 Å². The molecule has 2 N–H and O–H groups in total. The molecular weight excluding hydrogens is 452 g/mol. The van der Waals surface area contributed by atoms with Gasteiger partial charge in [-0.1, -0.05) is 24.3 Å². The predicted molar refractivity (Wildman–Crippen MR) is 118 cm³/mol. The molecule has 0 atom stereocenters. The van der Waals surface area contributed by atoms with Gasteiger partial charge < -0.3 is 0 Å². The van der Waals surface area contributed by atoms with E-state index < -0.39 is 20.2 Å². The lowest BCUT2D eigenvalue weighted by atomic mass is 10.1. The second-order valence-corrected chi connectivity index (χ2v) is 10.8. The van der Waals surface area contributed by atoms with Crippen LogP contribution >= 0.6 is 0 Å². The minimum atomic E-state index is -3.96. The van der Waals surface area contributed by atoms with E-state index in [0.717, 1.165) is 22.3 Å². The van der Waals surface area contributed by atoms with E-state index >= 15 is 0 Å². The fourth-order valence-electron chi connectivity index (χ4n) is 3.19. The molecule has 0 amide bonds. The molecule has 0 aliphatic heterocycles. The normalized spacial score (nSPS) is 12.1. The van der Waals surface area contributed by atoms with Gasteiger partial charge in [0.15, 0.2) is 37.9 Å². The molecule has 0 saturated heterocycles. The Kier molecular flexibility index (Phi) is 7.73. The molecule has 2 aromatic heterocycles. The van der Waals surface area contributed by atoms with Gasteiger partial charge >= 0.3 is 0 Å². The van der Waals surface area contributed by atoms with Crippen LogP contribution in [0.4, 0.5) is 0 Å². The van der Waals surface area contributed by atoms with Crippen LogP contribution in [0.15, 0.2) is 73.3 Å². The van der Waals surface area contributed by atoms with Gasteiger partial charge in [-0.15, -0.1) is 0 Å². The number of pyridine rings is 2. The summed E-state index contributed by atoms with van der Waals surface area (Å²) in [6.45, 7) is 1.35. The van der Waals surface area contributed by atoms with E-state index in [0.29, 0.717) is 13.1 Å². The Morgan fingerprint density at radius 3 is 1.12 bits per heavy atom. The molecule has 0 fully saturated rings. The predicted octanol–water partition coefficient (Wildman–Crippen LogP) is 1.22. The van der Waals surface area contributed by atoms with Gasteiger partial charge in [0.1, 0.15) is 0 Å². The molecule has 2 heterocycles. The number of hydrogen-bond acceptors (Lipinski definition) is 4. The Balaban J connectivity index is 1.53. The molecule has 0 saturated carbocycles. The first-order chi connectivity index (χ1) is 15.1. The first-order valence-corrected chi connectivity index (χ1v) is 13.2. The van der Waals surface area contributed by atoms with Crippen LogP contribution in [-0.2, 0) is 46.2 Å². The number of aryl methyl sites for hydroxylation is 2. The molecule has 0 bridgehead atoms. The lowest BCUT2D eigenvalue weighted by Crippen LogP contribution is -2.34. The quantitative estimate of drug-likeness (QED) is 0.334. The summed E-state index contributed by atoms with van der Waals surface area (Å²) in [4.78, 5) is 0. The van der Waals surface area contributed by atoms with Crippen molar-refractivity contribution in [1.29, 1.82) is 0 Å². The third-order valence-corrected chi connectivity index (χ3v) is 6.41. The highest BCUT2D eigenvalue weighted by Gasteiger charge is 2.09. The molecule has 3 rings (SSSR count). The van der Waals surface area contributed by atoms with E-state index in [1.54, 1.807) is 0 Å². The maximum atomic E-state index is 10.9. The highest BCUT2D eigenvalue weighted by atomic mass is 32.2. The second kappa shape index (κ2) is 10.3. The van der Waals surface area contributed by atoms with Gasteiger partial charge in [0.2, 0.25) is 0 Å². The Hall–Kier alpha value is -2.66. The highest BCUT2D eigenvalue weighted by Crippen LogP contribution is 2.06. The second-order valence-electron chi connectivity index (χ2n) is 7.65. The van der Waals surface area contributed by atoms with Gasteiger partial charge in [-0.3, -0.25) is 9.11 Å². The standard InChI is InChI=1S/C22H24N2O6S2/c25-31(26,27)15-9-19-5-11-23(12-6-19)17-21-1-2-22(4-3-21)18-24-13-7-20(8-14-24)10-16-32(28,29)30/h1-8,11-14H,9-10,15-18H2/p+2. The molecule has 0 radical (unpaired) electrons. The molecule has 3 aromatic rings. The molecule has 8 nitrogen and oxygen atoms in total. The smallest absolute Gasteiger partial charge is 0.265 e. The molecule has 0 spiro atoms. The van der Waals surface area contributed by atoms with Gasteiger partial charge in [-0.05, 0) is 24.0 Å². The average molecular weight is 479 g/mol. The third-order valence-electron chi connectivity index (χ3n) is 4.97. The lowest BCUT2D eigenvalue weighted by molar-refractivity contribution is -0.689. The van der Waals surface area contributed by atoms with Crippen LogP contribution in [-0.4, -0.2) is 37.4 Å². The van der Waals surface area contributed by atoms with Crippen LogP contribution in [0.25, 0.3) is 0 Å². The molecule has 170 valence electrons. The van der Waals surface area contributed by atoms with Gasteiger partial charge in [0.25, 0.3) is 20.2 Å². The fourth-order valence-corrected chi connectivity index (χ4v) is 4.17. The van der Waals surface area contributed by atoms with E-state index in [-0.39, 0.29) is 24.3 Å². The number of rotatable bonds is 10. The molecular formula is C22H26N2O6S2+2. The van der Waals surface area contributed by atoms with Gasteiger partial charge in [0.05, 0.1) is 11.5 Å². The maximum absolute atomic E-state index is 10.9. The summed E-state index contributed by atoms with van der Waals surface area (Å²) < 4.78 is 65.1. The van der Waals surface area contributed by atoms with Crippen molar-refractivity contribution in [3.63, 3.8) is 0 Å². The van der Waals surface area contributed by atoms with Crippen molar-refractivity contribution in [1.82, 2.24) is 0 Å². The summed E-state index contributed by atoms with van der Waals surface area (Å²) in [6.07, 6.45) is 8.07. The Morgan fingerprint density at radius 2 is 0.844 bits per heavy atom. The maximum Gasteiger partial charge on any atom is 0.265 e. The van der Waals surface area contributed by atoms with Crippen molar-refractivity contribution < 1.29 is 35.1 Å². The first-order valence-electron chi connectivity index (χ1n) is 10.00. The number of hydrogen-bond donors (Lipinski definition) is 2. The summed E-state index contributed by atoms with van der Waals surface area (Å²) in [7, 11) is -7.92. The summed E-state index contributed by atoms with van der Waals surface area (Å²) in [5.74, 6) is -0.576. The summed E-state index contributed by atoms with van der Waals surface area (Å²) in [5.41, 5.74) is 3.93. The van der Waals surface area contributed by atoms with Gasteiger partial charge in [-0.2, -0.15) is 16.8 Å². The van der Waals surface area contributed by atoms with Crippen LogP contribution in [0.1, 0.15) is 22.3 Å². The zero-order chi connectivity index (χ0) is 23.2. The summed E-state index contributed by atoms with van der Waals surface area (Å²) in [6, 6.07) is 15.6. The number of aromatic nitrogens is 2. The van der Waals surface area contributed by atoms with Crippen LogP contribution in [0, 0.1) is 0 Å². The van der Waals surface area contributed by atoms with Gasteiger partial charge in [-0.25, -0.2) is 9.13 Å². The summed E-state index contributed by atoms with van der Waals surface area (Å²) >= 11 is 0. The monoisotopic (exact) mass is 478 g/mol. The van der Waals surface area contributed by atoms with Crippen LogP contribution in [0.2, 0.25) is 0 Å². The molecule has 1 aromatic carbocycles. The van der Waals surface area contributed by atoms with Gasteiger partial charge in [0, 0.05) is 35.4 Å². The van der Waals surface area contributed by atoms with Crippen LogP contribution in [0.5, 0.6) is 0 Å². The van der Waals surface area contributed by atoms with Crippen LogP contribution in [0.3, 0.4) is 0 Å². The lowest BCUT2D eigenvalue weighted by Gasteiger charge is -2.03. The summed E-state index contributed by atoms with van der Waals surface area (Å²) in [5, 5.41) is 0. The minimum absolute atomic E-state index is 0.271.